The summed E-state index contributed by atoms with van der Waals surface area (Å²) in [6.07, 6.45) is -2.81. The third-order valence-corrected chi connectivity index (χ3v) is 6.19. The molecule has 3 heterocycles. The summed E-state index contributed by atoms with van der Waals surface area (Å²) in [6.45, 7) is 2.04. The Labute approximate surface area is 198 Å². The SMILES string of the molecule is O=C(Nc1nc(CC(=O)N2CCCN(c3ccc(C(F)(F)F)cn3)CC2)cs1)c1ccccc1. The number of aromatic nitrogens is 2. The molecule has 0 saturated carbocycles. The number of pyridine rings is 1. The van der Waals surface area contributed by atoms with Gasteiger partial charge in [0.05, 0.1) is 17.7 Å². The van der Waals surface area contributed by atoms with Gasteiger partial charge in [0.15, 0.2) is 5.13 Å². The van der Waals surface area contributed by atoms with Gasteiger partial charge in [-0.15, -0.1) is 11.3 Å². The second-order valence-corrected chi connectivity index (χ2v) is 8.62. The van der Waals surface area contributed by atoms with E-state index in [4.69, 9.17) is 0 Å². The number of halogens is 3. The number of nitrogens with one attached hydrogen (secondary N) is 1. The van der Waals surface area contributed by atoms with Gasteiger partial charge in [0.1, 0.15) is 5.82 Å². The van der Waals surface area contributed by atoms with Crippen LogP contribution in [0.2, 0.25) is 0 Å². The number of alkyl halides is 3. The Hall–Kier alpha value is -3.47. The number of benzene rings is 1. The Morgan fingerprint density at radius 1 is 1.03 bits per heavy atom. The summed E-state index contributed by atoms with van der Waals surface area (Å²) in [6, 6.07) is 11.2. The predicted octanol–water partition coefficient (Wildman–Crippen LogP) is 4.09. The quantitative estimate of drug-likeness (QED) is 0.584. The average molecular weight is 490 g/mol. The maximum absolute atomic E-state index is 12.8. The number of rotatable bonds is 5. The lowest BCUT2D eigenvalue weighted by Gasteiger charge is -2.23. The Morgan fingerprint density at radius 3 is 2.53 bits per heavy atom. The number of hydrogen-bond donors (Lipinski definition) is 1. The van der Waals surface area contributed by atoms with Crippen LogP contribution in [0.15, 0.2) is 54.0 Å². The molecule has 1 N–H and O–H groups in total. The number of amides is 2. The molecule has 2 aromatic heterocycles. The molecule has 0 bridgehead atoms. The van der Waals surface area contributed by atoms with E-state index < -0.39 is 11.7 Å². The van der Waals surface area contributed by atoms with Crippen molar-refractivity contribution in [3.05, 3.63) is 70.9 Å². The molecule has 1 aliphatic heterocycles. The average Bonchev–Trinajstić information content (AvgIpc) is 3.11. The number of nitrogens with zero attached hydrogens (tertiary/aromatic N) is 4. The van der Waals surface area contributed by atoms with Crippen molar-refractivity contribution in [2.75, 3.05) is 36.4 Å². The first-order valence-electron chi connectivity index (χ1n) is 10.7. The Bertz CT molecular complexity index is 1140. The molecule has 0 atom stereocenters. The van der Waals surface area contributed by atoms with Crippen LogP contribution < -0.4 is 10.2 Å². The first kappa shape index (κ1) is 23.7. The van der Waals surface area contributed by atoms with Crippen LogP contribution in [0.3, 0.4) is 0 Å². The highest BCUT2D eigenvalue weighted by molar-refractivity contribution is 7.14. The summed E-state index contributed by atoms with van der Waals surface area (Å²) >= 11 is 1.26. The molecular weight excluding hydrogens is 467 g/mol. The molecule has 0 aliphatic carbocycles. The molecule has 3 aromatic rings. The van der Waals surface area contributed by atoms with Gasteiger partial charge in [-0.3, -0.25) is 14.9 Å². The third kappa shape index (κ3) is 5.90. The molecule has 1 fully saturated rings. The Balaban J connectivity index is 1.31. The van der Waals surface area contributed by atoms with Crippen molar-refractivity contribution in [3.8, 4) is 0 Å². The van der Waals surface area contributed by atoms with Crippen LogP contribution in [0.1, 0.15) is 28.0 Å². The summed E-state index contributed by atoms with van der Waals surface area (Å²) in [7, 11) is 0. The van der Waals surface area contributed by atoms with E-state index in [1.54, 1.807) is 34.5 Å². The van der Waals surface area contributed by atoms with E-state index in [-0.39, 0.29) is 18.2 Å². The molecule has 34 heavy (non-hydrogen) atoms. The first-order valence-corrected chi connectivity index (χ1v) is 11.5. The highest BCUT2D eigenvalue weighted by Crippen LogP contribution is 2.29. The van der Waals surface area contributed by atoms with Crippen molar-refractivity contribution in [2.24, 2.45) is 0 Å². The van der Waals surface area contributed by atoms with Crippen molar-refractivity contribution < 1.29 is 22.8 Å². The molecule has 0 unspecified atom stereocenters. The van der Waals surface area contributed by atoms with Gasteiger partial charge >= 0.3 is 6.18 Å². The minimum atomic E-state index is -4.42. The molecule has 178 valence electrons. The lowest BCUT2D eigenvalue weighted by Crippen LogP contribution is -2.36. The zero-order valence-corrected chi connectivity index (χ0v) is 18.9. The number of thiazole rings is 1. The molecule has 1 saturated heterocycles. The van der Waals surface area contributed by atoms with Crippen LogP contribution in [0.5, 0.6) is 0 Å². The largest absolute Gasteiger partial charge is 0.417 e. The maximum atomic E-state index is 12.8. The van der Waals surface area contributed by atoms with Gasteiger partial charge in [0.25, 0.3) is 5.91 Å². The van der Waals surface area contributed by atoms with Gasteiger partial charge in [-0.05, 0) is 30.7 Å². The fraction of sp³-hybridized carbons (Fsp3) is 0.304. The molecule has 1 aromatic carbocycles. The van der Waals surface area contributed by atoms with Crippen molar-refractivity contribution in [2.45, 2.75) is 19.0 Å². The van der Waals surface area contributed by atoms with E-state index in [9.17, 15) is 22.8 Å². The lowest BCUT2D eigenvalue weighted by molar-refractivity contribution is -0.137. The Kier molecular flexibility index (Phi) is 7.11. The second kappa shape index (κ2) is 10.2. The zero-order chi connectivity index (χ0) is 24.1. The molecule has 0 spiro atoms. The van der Waals surface area contributed by atoms with Crippen LogP contribution in [-0.4, -0.2) is 52.9 Å². The molecule has 4 rings (SSSR count). The summed E-state index contributed by atoms with van der Waals surface area (Å²) in [5, 5.41) is 4.91. The van der Waals surface area contributed by atoms with E-state index >= 15 is 0 Å². The fourth-order valence-corrected chi connectivity index (χ4v) is 4.31. The standard InChI is InChI=1S/C23H22F3N5O2S/c24-23(25,26)17-7-8-19(27-14-17)30-9-4-10-31(12-11-30)20(32)13-18-15-34-22(28-18)29-21(33)16-5-2-1-3-6-16/h1-3,5-8,14-15H,4,9-13H2,(H,28,29,33). The number of hydrogen-bond acceptors (Lipinski definition) is 6. The first-order chi connectivity index (χ1) is 16.3. The zero-order valence-electron chi connectivity index (χ0n) is 18.1. The van der Waals surface area contributed by atoms with E-state index in [0.29, 0.717) is 54.8 Å². The van der Waals surface area contributed by atoms with Gasteiger partial charge in [0.2, 0.25) is 5.91 Å². The van der Waals surface area contributed by atoms with E-state index in [2.05, 4.69) is 15.3 Å². The summed E-state index contributed by atoms with van der Waals surface area (Å²) in [5.41, 5.74) is 0.307. The minimum Gasteiger partial charge on any atom is -0.355 e. The maximum Gasteiger partial charge on any atom is 0.417 e. The smallest absolute Gasteiger partial charge is 0.355 e. The number of carbonyl (C=O) groups excluding carboxylic acids is 2. The predicted molar refractivity (Wildman–Crippen MR) is 123 cm³/mol. The lowest BCUT2D eigenvalue weighted by atomic mass is 10.2. The molecule has 7 nitrogen and oxygen atoms in total. The minimum absolute atomic E-state index is 0.0894. The highest BCUT2D eigenvalue weighted by Gasteiger charge is 2.31. The van der Waals surface area contributed by atoms with E-state index in [0.717, 1.165) is 12.3 Å². The number of anilines is 2. The second-order valence-electron chi connectivity index (χ2n) is 7.77. The van der Waals surface area contributed by atoms with Gasteiger partial charge in [-0.25, -0.2) is 9.97 Å². The van der Waals surface area contributed by atoms with Crippen molar-refractivity contribution >= 4 is 34.1 Å². The normalized spacial score (nSPS) is 14.6. The van der Waals surface area contributed by atoms with Crippen LogP contribution in [-0.2, 0) is 17.4 Å². The molecule has 0 radical (unpaired) electrons. The monoisotopic (exact) mass is 489 g/mol. The third-order valence-electron chi connectivity index (χ3n) is 5.39. The molecule has 11 heteroatoms. The van der Waals surface area contributed by atoms with Gasteiger partial charge in [-0.2, -0.15) is 13.2 Å². The van der Waals surface area contributed by atoms with Crippen molar-refractivity contribution in [3.63, 3.8) is 0 Å². The highest BCUT2D eigenvalue weighted by atomic mass is 32.1. The van der Waals surface area contributed by atoms with Gasteiger partial charge < -0.3 is 9.80 Å². The van der Waals surface area contributed by atoms with Crippen LogP contribution in [0, 0.1) is 0 Å². The summed E-state index contributed by atoms with van der Waals surface area (Å²) in [4.78, 5) is 37.0. The van der Waals surface area contributed by atoms with Crippen molar-refractivity contribution in [1.29, 1.82) is 0 Å². The topological polar surface area (TPSA) is 78.4 Å². The Morgan fingerprint density at radius 2 is 1.82 bits per heavy atom. The van der Waals surface area contributed by atoms with Crippen LogP contribution in [0.4, 0.5) is 24.1 Å². The van der Waals surface area contributed by atoms with Crippen LogP contribution in [0.25, 0.3) is 0 Å². The van der Waals surface area contributed by atoms with Gasteiger partial charge in [-0.1, -0.05) is 18.2 Å². The van der Waals surface area contributed by atoms with E-state index in [1.165, 1.54) is 17.4 Å². The fourth-order valence-electron chi connectivity index (χ4n) is 3.61. The van der Waals surface area contributed by atoms with Crippen LogP contribution >= 0.6 is 11.3 Å². The molecule has 1 aliphatic rings. The molecular formula is C23H22F3N5O2S. The van der Waals surface area contributed by atoms with Gasteiger partial charge in [0, 0.05) is 43.3 Å². The van der Waals surface area contributed by atoms with Crippen molar-refractivity contribution in [1.82, 2.24) is 14.9 Å². The summed E-state index contributed by atoms with van der Waals surface area (Å²) in [5.74, 6) is 0.103. The number of carbonyl (C=O) groups is 2. The van der Waals surface area contributed by atoms with E-state index in [1.807, 2.05) is 11.0 Å². The summed E-state index contributed by atoms with van der Waals surface area (Å²) < 4.78 is 38.3. The molecule has 2 amide bonds.